The molecule has 0 radical (unpaired) electrons. The van der Waals surface area contributed by atoms with E-state index < -0.39 is 0 Å². The Morgan fingerprint density at radius 3 is 2.60 bits per heavy atom. The van der Waals surface area contributed by atoms with Crippen molar-refractivity contribution in [2.24, 2.45) is 0 Å². The standard InChI is InChI=1S/C20H20ClN3O/c1-14-2-6-16(7-3-14)19-22-23-20(25-19)17-10-11-24(13-17)12-15-4-8-18(21)9-5-15/h2-9,17H,10-13H2,1H3. The Balaban J connectivity index is 1.41. The van der Waals surface area contributed by atoms with E-state index in [0.717, 1.165) is 42.5 Å². The third-order valence-electron chi connectivity index (χ3n) is 4.68. The molecule has 2 aromatic carbocycles. The SMILES string of the molecule is Cc1ccc(-c2nnc(C3CCN(Cc4ccc(Cl)cc4)C3)o2)cc1. The quantitative estimate of drug-likeness (QED) is 0.682. The van der Waals surface area contributed by atoms with E-state index in [2.05, 4.69) is 46.3 Å². The summed E-state index contributed by atoms with van der Waals surface area (Å²) in [7, 11) is 0. The second kappa shape index (κ2) is 6.98. The largest absolute Gasteiger partial charge is 0.420 e. The van der Waals surface area contributed by atoms with Gasteiger partial charge in [0, 0.05) is 23.7 Å². The van der Waals surface area contributed by atoms with Crippen molar-refractivity contribution in [2.75, 3.05) is 13.1 Å². The number of hydrogen-bond donors (Lipinski definition) is 0. The Bertz CT molecular complexity index is 842. The minimum absolute atomic E-state index is 0.305. The Morgan fingerprint density at radius 2 is 1.84 bits per heavy atom. The van der Waals surface area contributed by atoms with Gasteiger partial charge in [0.15, 0.2) is 0 Å². The van der Waals surface area contributed by atoms with Gasteiger partial charge in [0.25, 0.3) is 0 Å². The fraction of sp³-hybridized carbons (Fsp3) is 0.300. The van der Waals surface area contributed by atoms with Crippen molar-refractivity contribution in [3.8, 4) is 11.5 Å². The fourth-order valence-corrected chi connectivity index (χ4v) is 3.36. The van der Waals surface area contributed by atoms with Crippen molar-refractivity contribution in [3.63, 3.8) is 0 Å². The molecule has 0 amide bonds. The molecule has 128 valence electrons. The number of benzene rings is 2. The molecule has 4 nitrogen and oxygen atoms in total. The number of rotatable bonds is 4. The maximum Gasteiger partial charge on any atom is 0.247 e. The summed E-state index contributed by atoms with van der Waals surface area (Å²) in [6, 6.07) is 16.2. The highest BCUT2D eigenvalue weighted by atomic mass is 35.5. The molecule has 1 fully saturated rings. The summed E-state index contributed by atoms with van der Waals surface area (Å²) < 4.78 is 5.94. The Morgan fingerprint density at radius 1 is 1.08 bits per heavy atom. The fourth-order valence-electron chi connectivity index (χ4n) is 3.24. The van der Waals surface area contributed by atoms with Gasteiger partial charge in [-0.25, -0.2) is 0 Å². The van der Waals surface area contributed by atoms with E-state index in [1.54, 1.807) is 0 Å². The second-order valence-electron chi connectivity index (χ2n) is 6.66. The average molecular weight is 354 g/mol. The Hall–Kier alpha value is -2.17. The van der Waals surface area contributed by atoms with Gasteiger partial charge in [0.05, 0.1) is 5.92 Å². The number of aromatic nitrogens is 2. The molecule has 1 unspecified atom stereocenters. The smallest absolute Gasteiger partial charge is 0.247 e. The van der Waals surface area contributed by atoms with E-state index in [4.69, 9.17) is 16.0 Å². The maximum absolute atomic E-state index is 5.95. The molecule has 1 atom stereocenters. The van der Waals surface area contributed by atoms with Crippen LogP contribution in [0.4, 0.5) is 0 Å². The number of hydrogen-bond acceptors (Lipinski definition) is 4. The first-order chi connectivity index (χ1) is 12.2. The first-order valence-corrected chi connectivity index (χ1v) is 8.92. The van der Waals surface area contributed by atoms with Crippen molar-refractivity contribution in [1.82, 2.24) is 15.1 Å². The minimum Gasteiger partial charge on any atom is -0.420 e. The number of nitrogens with zero attached hydrogens (tertiary/aromatic N) is 3. The first-order valence-electron chi connectivity index (χ1n) is 8.54. The lowest BCUT2D eigenvalue weighted by molar-refractivity contribution is 0.320. The topological polar surface area (TPSA) is 42.2 Å². The lowest BCUT2D eigenvalue weighted by Crippen LogP contribution is -2.19. The summed E-state index contributed by atoms with van der Waals surface area (Å²) in [4.78, 5) is 2.42. The van der Waals surface area contributed by atoms with E-state index in [9.17, 15) is 0 Å². The number of aryl methyl sites for hydroxylation is 1. The zero-order chi connectivity index (χ0) is 17.2. The van der Waals surface area contributed by atoms with Crippen LogP contribution in [0.5, 0.6) is 0 Å². The molecule has 0 N–H and O–H groups in total. The van der Waals surface area contributed by atoms with Crippen molar-refractivity contribution < 1.29 is 4.42 Å². The monoisotopic (exact) mass is 353 g/mol. The lowest BCUT2D eigenvalue weighted by Gasteiger charge is -2.15. The second-order valence-corrected chi connectivity index (χ2v) is 7.10. The normalized spacial score (nSPS) is 17.9. The number of likely N-dealkylation sites (tertiary alicyclic amines) is 1. The molecule has 1 aliphatic rings. The van der Waals surface area contributed by atoms with Crippen LogP contribution >= 0.6 is 11.6 Å². The lowest BCUT2D eigenvalue weighted by atomic mass is 10.1. The van der Waals surface area contributed by atoms with Gasteiger partial charge < -0.3 is 4.42 Å². The molecule has 1 saturated heterocycles. The highest BCUT2D eigenvalue weighted by Gasteiger charge is 2.28. The summed E-state index contributed by atoms with van der Waals surface area (Å²) in [5, 5.41) is 9.29. The van der Waals surface area contributed by atoms with Crippen LogP contribution in [0.1, 0.15) is 29.4 Å². The zero-order valence-electron chi connectivity index (χ0n) is 14.2. The van der Waals surface area contributed by atoms with Crippen molar-refractivity contribution in [1.29, 1.82) is 0 Å². The van der Waals surface area contributed by atoms with Gasteiger partial charge in [0.1, 0.15) is 0 Å². The Labute approximate surface area is 152 Å². The van der Waals surface area contributed by atoms with Gasteiger partial charge in [-0.2, -0.15) is 0 Å². The van der Waals surface area contributed by atoms with Gasteiger partial charge in [-0.1, -0.05) is 41.4 Å². The molecule has 4 rings (SSSR count). The summed E-state index contributed by atoms with van der Waals surface area (Å²) in [6.07, 6.45) is 1.04. The van der Waals surface area contributed by atoms with Crippen LogP contribution in [0.2, 0.25) is 5.02 Å². The van der Waals surface area contributed by atoms with Crippen LogP contribution in [-0.2, 0) is 6.54 Å². The van der Waals surface area contributed by atoms with E-state index in [1.165, 1.54) is 11.1 Å². The summed E-state index contributed by atoms with van der Waals surface area (Å²) in [5.41, 5.74) is 3.47. The summed E-state index contributed by atoms with van der Waals surface area (Å²) in [5.74, 6) is 1.65. The molecule has 1 aliphatic heterocycles. The minimum atomic E-state index is 0.305. The van der Waals surface area contributed by atoms with E-state index >= 15 is 0 Å². The van der Waals surface area contributed by atoms with Crippen molar-refractivity contribution in [3.05, 3.63) is 70.6 Å². The molecular formula is C20H20ClN3O. The van der Waals surface area contributed by atoms with Gasteiger partial charge in [-0.05, 0) is 49.7 Å². The highest BCUT2D eigenvalue weighted by Crippen LogP contribution is 2.29. The van der Waals surface area contributed by atoms with Crippen LogP contribution in [0.15, 0.2) is 52.9 Å². The molecule has 0 spiro atoms. The van der Waals surface area contributed by atoms with E-state index in [1.807, 2.05) is 24.3 Å². The molecule has 5 heteroatoms. The predicted octanol–water partition coefficient (Wildman–Crippen LogP) is 4.69. The maximum atomic E-state index is 5.95. The molecule has 3 aromatic rings. The third kappa shape index (κ3) is 3.75. The van der Waals surface area contributed by atoms with E-state index in [-0.39, 0.29) is 0 Å². The van der Waals surface area contributed by atoms with Crippen molar-refractivity contribution >= 4 is 11.6 Å². The molecule has 25 heavy (non-hydrogen) atoms. The molecule has 1 aromatic heterocycles. The zero-order valence-corrected chi connectivity index (χ0v) is 14.9. The van der Waals surface area contributed by atoms with Gasteiger partial charge >= 0.3 is 0 Å². The molecule has 2 heterocycles. The van der Waals surface area contributed by atoms with Gasteiger partial charge in [-0.15, -0.1) is 10.2 Å². The molecule has 0 saturated carbocycles. The van der Waals surface area contributed by atoms with E-state index in [0.29, 0.717) is 11.8 Å². The van der Waals surface area contributed by atoms with Gasteiger partial charge in [0.2, 0.25) is 11.8 Å². The molecule has 0 bridgehead atoms. The molecule has 0 aliphatic carbocycles. The highest BCUT2D eigenvalue weighted by molar-refractivity contribution is 6.30. The van der Waals surface area contributed by atoms with Crippen LogP contribution in [0.25, 0.3) is 11.5 Å². The van der Waals surface area contributed by atoms with Crippen LogP contribution < -0.4 is 0 Å². The van der Waals surface area contributed by atoms with Crippen molar-refractivity contribution in [2.45, 2.75) is 25.8 Å². The average Bonchev–Trinajstić information content (AvgIpc) is 3.27. The Kier molecular flexibility index (Phi) is 4.55. The number of halogens is 1. The van der Waals surface area contributed by atoms with Crippen LogP contribution in [0.3, 0.4) is 0 Å². The van der Waals surface area contributed by atoms with Crippen LogP contribution in [0, 0.1) is 6.92 Å². The summed E-state index contributed by atoms with van der Waals surface area (Å²) in [6.45, 7) is 4.97. The third-order valence-corrected chi connectivity index (χ3v) is 4.93. The first kappa shape index (κ1) is 16.3. The van der Waals surface area contributed by atoms with Gasteiger partial charge in [-0.3, -0.25) is 4.90 Å². The molecular weight excluding hydrogens is 334 g/mol. The summed E-state index contributed by atoms with van der Waals surface area (Å²) >= 11 is 5.95. The van der Waals surface area contributed by atoms with Crippen LogP contribution in [-0.4, -0.2) is 28.2 Å². The predicted molar refractivity (Wildman–Crippen MR) is 98.6 cm³/mol.